The number of para-hydroxylation sites is 2. The number of benzene rings is 2. The second-order valence-corrected chi connectivity index (χ2v) is 8.08. The Labute approximate surface area is 158 Å². The fraction of sp³-hybridized carbons (Fsp3) is 0.263. The number of ether oxygens (including phenoxy) is 1. The van der Waals surface area contributed by atoms with Crippen molar-refractivity contribution in [2.75, 3.05) is 11.9 Å². The summed E-state index contributed by atoms with van der Waals surface area (Å²) < 4.78 is 31.6. The van der Waals surface area contributed by atoms with Crippen molar-refractivity contribution >= 4 is 27.5 Å². The zero-order chi connectivity index (χ0) is 19.8. The monoisotopic (exact) mass is 388 g/mol. The molecule has 0 bridgehead atoms. The van der Waals surface area contributed by atoms with Gasteiger partial charge in [-0.1, -0.05) is 12.1 Å². The molecular weight excluding hydrogens is 368 g/mol. The van der Waals surface area contributed by atoms with E-state index in [4.69, 9.17) is 4.74 Å². The molecular formula is C19H20N2O5S. The third kappa shape index (κ3) is 3.28. The lowest BCUT2D eigenvalue weighted by Crippen LogP contribution is -2.36. The Morgan fingerprint density at radius 1 is 1.19 bits per heavy atom. The SMILES string of the molecule is CCOc1ccccc1NC(=O)c1ccc2c(c1)S(=O)(=O)N(C(C)C)C2=O. The minimum Gasteiger partial charge on any atom is -0.492 e. The predicted octanol–water partition coefficient (Wildman–Crippen LogP) is 2.89. The van der Waals surface area contributed by atoms with Gasteiger partial charge in [-0.05, 0) is 51.1 Å². The van der Waals surface area contributed by atoms with Crippen LogP contribution in [0, 0.1) is 0 Å². The summed E-state index contributed by atoms with van der Waals surface area (Å²) in [6, 6.07) is 10.5. The highest BCUT2D eigenvalue weighted by molar-refractivity contribution is 7.90. The van der Waals surface area contributed by atoms with E-state index in [9.17, 15) is 18.0 Å². The summed E-state index contributed by atoms with van der Waals surface area (Å²) in [6.07, 6.45) is 0. The molecule has 142 valence electrons. The van der Waals surface area contributed by atoms with Crippen LogP contribution < -0.4 is 10.1 Å². The lowest BCUT2D eigenvalue weighted by Gasteiger charge is -2.18. The number of sulfonamides is 1. The lowest BCUT2D eigenvalue weighted by atomic mass is 10.1. The number of rotatable bonds is 5. The molecule has 0 saturated heterocycles. The molecule has 0 unspecified atom stereocenters. The molecule has 1 N–H and O–H groups in total. The van der Waals surface area contributed by atoms with E-state index in [1.54, 1.807) is 38.1 Å². The largest absolute Gasteiger partial charge is 0.492 e. The lowest BCUT2D eigenvalue weighted by molar-refractivity contribution is 0.0846. The van der Waals surface area contributed by atoms with Crippen LogP contribution >= 0.6 is 0 Å². The first-order valence-electron chi connectivity index (χ1n) is 8.53. The first-order valence-corrected chi connectivity index (χ1v) is 9.97. The van der Waals surface area contributed by atoms with Crippen molar-refractivity contribution in [1.29, 1.82) is 0 Å². The average molecular weight is 388 g/mol. The molecule has 0 aromatic heterocycles. The van der Waals surface area contributed by atoms with E-state index in [0.29, 0.717) is 18.0 Å². The number of nitrogens with zero attached hydrogens (tertiary/aromatic N) is 1. The normalized spacial score (nSPS) is 15.0. The maximum Gasteiger partial charge on any atom is 0.269 e. The molecule has 0 radical (unpaired) electrons. The molecule has 27 heavy (non-hydrogen) atoms. The number of nitrogens with one attached hydrogen (secondary N) is 1. The quantitative estimate of drug-likeness (QED) is 0.850. The highest BCUT2D eigenvalue weighted by Crippen LogP contribution is 2.33. The van der Waals surface area contributed by atoms with E-state index in [1.807, 2.05) is 6.92 Å². The summed E-state index contributed by atoms with van der Waals surface area (Å²) in [5, 5.41) is 2.72. The van der Waals surface area contributed by atoms with Crippen LogP contribution in [0.25, 0.3) is 0 Å². The summed E-state index contributed by atoms with van der Waals surface area (Å²) in [5.74, 6) is -0.549. The van der Waals surface area contributed by atoms with E-state index < -0.39 is 27.9 Å². The first-order chi connectivity index (χ1) is 12.8. The average Bonchev–Trinajstić information content (AvgIpc) is 2.82. The van der Waals surface area contributed by atoms with Gasteiger partial charge in [-0.2, -0.15) is 0 Å². The van der Waals surface area contributed by atoms with Gasteiger partial charge in [0.2, 0.25) is 0 Å². The van der Waals surface area contributed by atoms with Gasteiger partial charge in [-0.25, -0.2) is 12.7 Å². The highest BCUT2D eigenvalue weighted by Gasteiger charge is 2.42. The Bertz CT molecular complexity index is 1010. The van der Waals surface area contributed by atoms with Crippen molar-refractivity contribution in [2.24, 2.45) is 0 Å². The second kappa shape index (κ2) is 7.03. The van der Waals surface area contributed by atoms with E-state index in [-0.39, 0.29) is 16.0 Å². The number of hydrogen-bond acceptors (Lipinski definition) is 5. The molecule has 0 fully saturated rings. The Morgan fingerprint density at radius 3 is 2.56 bits per heavy atom. The smallest absolute Gasteiger partial charge is 0.269 e. The number of hydrogen-bond donors (Lipinski definition) is 1. The molecule has 0 saturated carbocycles. The minimum absolute atomic E-state index is 0.0787. The van der Waals surface area contributed by atoms with Crippen LogP contribution in [-0.4, -0.2) is 37.2 Å². The van der Waals surface area contributed by atoms with E-state index >= 15 is 0 Å². The topological polar surface area (TPSA) is 92.8 Å². The molecule has 2 aromatic rings. The molecule has 2 aromatic carbocycles. The molecule has 2 amide bonds. The molecule has 1 aliphatic rings. The van der Waals surface area contributed by atoms with Crippen LogP contribution in [0.3, 0.4) is 0 Å². The number of anilines is 1. The number of amides is 2. The van der Waals surface area contributed by atoms with Gasteiger partial charge in [0.15, 0.2) is 0 Å². The summed E-state index contributed by atoms with van der Waals surface area (Å²) in [4.78, 5) is 24.8. The highest BCUT2D eigenvalue weighted by atomic mass is 32.2. The Morgan fingerprint density at radius 2 is 1.89 bits per heavy atom. The van der Waals surface area contributed by atoms with Gasteiger partial charge in [0.05, 0.1) is 17.9 Å². The van der Waals surface area contributed by atoms with Gasteiger partial charge in [0.25, 0.3) is 21.8 Å². The minimum atomic E-state index is -3.96. The van der Waals surface area contributed by atoms with E-state index in [1.165, 1.54) is 18.2 Å². The van der Waals surface area contributed by atoms with Crippen molar-refractivity contribution in [3.63, 3.8) is 0 Å². The van der Waals surface area contributed by atoms with Gasteiger partial charge in [-0.3, -0.25) is 9.59 Å². The van der Waals surface area contributed by atoms with Gasteiger partial charge < -0.3 is 10.1 Å². The summed E-state index contributed by atoms with van der Waals surface area (Å²) in [6.45, 7) is 5.53. The number of fused-ring (bicyclic) bond motifs is 1. The van der Waals surface area contributed by atoms with Gasteiger partial charge in [0, 0.05) is 11.6 Å². The third-order valence-corrected chi connectivity index (χ3v) is 6.11. The number of carbonyl (C=O) groups is 2. The van der Waals surface area contributed by atoms with Crippen LogP contribution in [0.1, 0.15) is 41.5 Å². The molecule has 0 aliphatic carbocycles. The van der Waals surface area contributed by atoms with E-state index in [2.05, 4.69) is 5.32 Å². The van der Waals surface area contributed by atoms with Gasteiger partial charge in [0.1, 0.15) is 10.6 Å². The van der Waals surface area contributed by atoms with Crippen LogP contribution in [0.4, 0.5) is 5.69 Å². The molecule has 0 spiro atoms. The third-order valence-electron chi connectivity index (χ3n) is 4.12. The van der Waals surface area contributed by atoms with Crippen molar-refractivity contribution in [3.8, 4) is 5.75 Å². The van der Waals surface area contributed by atoms with Crippen LogP contribution in [0.15, 0.2) is 47.4 Å². The number of carbonyl (C=O) groups excluding carboxylic acids is 2. The Balaban J connectivity index is 1.94. The van der Waals surface area contributed by atoms with Crippen molar-refractivity contribution < 1.29 is 22.7 Å². The zero-order valence-electron chi connectivity index (χ0n) is 15.2. The van der Waals surface area contributed by atoms with Crippen LogP contribution in [-0.2, 0) is 10.0 Å². The molecule has 8 heteroatoms. The van der Waals surface area contributed by atoms with Crippen molar-refractivity contribution in [1.82, 2.24) is 4.31 Å². The van der Waals surface area contributed by atoms with E-state index in [0.717, 1.165) is 4.31 Å². The van der Waals surface area contributed by atoms with Gasteiger partial charge in [-0.15, -0.1) is 0 Å². The Hall–Kier alpha value is -2.87. The molecule has 1 aliphatic heterocycles. The first kappa shape index (κ1) is 18.9. The standard InChI is InChI=1S/C19H20N2O5S/c1-4-26-16-8-6-5-7-15(16)20-18(22)13-9-10-14-17(11-13)27(24,25)21(12(2)3)19(14)23/h5-12H,4H2,1-3H3,(H,20,22). The van der Waals surface area contributed by atoms with Crippen LogP contribution in [0.5, 0.6) is 5.75 Å². The van der Waals surface area contributed by atoms with Crippen LogP contribution in [0.2, 0.25) is 0 Å². The molecule has 0 atom stereocenters. The summed E-state index contributed by atoms with van der Waals surface area (Å²) in [7, 11) is -3.96. The van der Waals surface area contributed by atoms with Gasteiger partial charge >= 0.3 is 0 Å². The maximum atomic E-state index is 12.7. The fourth-order valence-corrected chi connectivity index (χ4v) is 4.74. The molecule has 7 nitrogen and oxygen atoms in total. The maximum absolute atomic E-state index is 12.7. The summed E-state index contributed by atoms with van der Waals surface area (Å²) in [5.41, 5.74) is 0.699. The predicted molar refractivity (Wildman–Crippen MR) is 100 cm³/mol. The molecule has 1 heterocycles. The zero-order valence-corrected chi connectivity index (χ0v) is 16.0. The van der Waals surface area contributed by atoms with Crippen molar-refractivity contribution in [2.45, 2.75) is 31.7 Å². The summed E-state index contributed by atoms with van der Waals surface area (Å²) >= 11 is 0. The van der Waals surface area contributed by atoms with Crippen molar-refractivity contribution in [3.05, 3.63) is 53.6 Å². The fourth-order valence-electron chi connectivity index (χ4n) is 2.95. The molecule has 3 rings (SSSR count). The second-order valence-electron chi connectivity index (χ2n) is 6.29. The Kier molecular flexibility index (Phi) is 4.93.